The molecule has 0 unspecified atom stereocenters. The van der Waals surface area contributed by atoms with Gasteiger partial charge in [-0.15, -0.1) is 0 Å². The third-order valence-corrected chi connectivity index (χ3v) is 4.24. The van der Waals surface area contributed by atoms with Crippen molar-refractivity contribution in [2.45, 2.75) is 58.0 Å². The summed E-state index contributed by atoms with van der Waals surface area (Å²) in [6.07, 6.45) is 3.16. The molecular weight excluding hydrogens is 270 g/mol. The van der Waals surface area contributed by atoms with Crippen LogP contribution in [0.15, 0.2) is 18.6 Å². The molecule has 6 heteroatoms. The first-order valence-electron chi connectivity index (χ1n) is 7.25. The van der Waals surface area contributed by atoms with Crippen molar-refractivity contribution < 1.29 is 14.2 Å². The fourth-order valence-corrected chi connectivity index (χ4v) is 3.30. The van der Waals surface area contributed by atoms with Crippen LogP contribution in [0, 0.1) is 6.92 Å². The van der Waals surface area contributed by atoms with Crippen molar-refractivity contribution in [3.63, 3.8) is 0 Å². The Bertz CT molecular complexity index is 697. The molecule has 4 rings (SSSR count). The van der Waals surface area contributed by atoms with Crippen LogP contribution in [-0.4, -0.2) is 38.6 Å². The fourth-order valence-electron chi connectivity index (χ4n) is 3.30. The van der Waals surface area contributed by atoms with Crippen LogP contribution in [0.2, 0.25) is 0 Å². The summed E-state index contributed by atoms with van der Waals surface area (Å²) in [5, 5.41) is 1.04. The van der Waals surface area contributed by atoms with Gasteiger partial charge in [0.05, 0.1) is 11.8 Å². The summed E-state index contributed by atoms with van der Waals surface area (Å²) in [5.41, 5.74) is 1.83. The van der Waals surface area contributed by atoms with E-state index in [0.29, 0.717) is 0 Å². The molecule has 0 aliphatic carbocycles. The first-order chi connectivity index (χ1) is 9.96. The van der Waals surface area contributed by atoms with Gasteiger partial charge in [0.2, 0.25) is 0 Å². The predicted molar refractivity (Wildman–Crippen MR) is 75.7 cm³/mol. The van der Waals surface area contributed by atoms with Gasteiger partial charge in [-0.2, -0.15) is 0 Å². The molecule has 2 fully saturated rings. The van der Waals surface area contributed by atoms with E-state index in [1.807, 2.05) is 44.5 Å². The van der Waals surface area contributed by atoms with Gasteiger partial charge in [-0.05, 0) is 33.8 Å². The second-order valence-electron chi connectivity index (χ2n) is 6.22. The molecule has 2 aromatic rings. The van der Waals surface area contributed by atoms with Gasteiger partial charge in [0.25, 0.3) is 0 Å². The van der Waals surface area contributed by atoms with Gasteiger partial charge in [0, 0.05) is 11.6 Å². The number of fused-ring (bicyclic) bond motifs is 2. The van der Waals surface area contributed by atoms with Crippen molar-refractivity contribution >= 4 is 11.0 Å². The predicted octanol–water partition coefficient (Wildman–Crippen LogP) is 2.18. The van der Waals surface area contributed by atoms with Crippen LogP contribution in [0.25, 0.3) is 11.0 Å². The van der Waals surface area contributed by atoms with Gasteiger partial charge in [-0.1, -0.05) is 0 Å². The second-order valence-corrected chi connectivity index (χ2v) is 6.22. The quantitative estimate of drug-likeness (QED) is 0.805. The van der Waals surface area contributed by atoms with Gasteiger partial charge >= 0.3 is 0 Å². The lowest BCUT2D eigenvalue weighted by Gasteiger charge is -2.24. The number of aromatic nitrogens is 3. The molecule has 0 aromatic carbocycles. The maximum absolute atomic E-state index is 6.07. The van der Waals surface area contributed by atoms with E-state index in [0.717, 1.165) is 16.7 Å². The van der Waals surface area contributed by atoms with Crippen LogP contribution >= 0.6 is 0 Å². The molecule has 2 saturated heterocycles. The lowest BCUT2D eigenvalue weighted by Crippen LogP contribution is -2.27. The summed E-state index contributed by atoms with van der Waals surface area (Å²) in [6.45, 7) is 7.88. The van der Waals surface area contributed by atoms with E-state index >= 15 is 0 Å². The monoisotopic (exact) mass is 289 g/mol. The van der Waals surface area contributed by atoms with E-state index in [4.69, 9.17) is 14.2 Å². The Morgan fingerprint density at radius 3 is 2.76 bits per heavy atom. The van der Waals surface area contributed by atoms with E-state index < -0.39 is 5.79 Å². The summed E-state index contributed by atoms with van der Waals surface area (Å²) < 4.78 is 20.1. The molecule has 0 radical (unpaired) electrons. The summed E-state index contributed by atoms with van der Waals surface area (Å²) in [4.78, 5) is 8.63. The molecule has 0 amide bonds. The van der Waals surface area contributed by atoms with Crippen molar-refractivity contribution in [3.8, 4) is 0 Å². The summed E-state index contributed by atoms with van der Waals surface area (Å²) in [5.74, 6) is -0.570. The van der Waals surface area contributed by atoms with Crippen LogP contribution in [0.1, 0.15) is 32.7 Å². The van der Waals surface area contributed by atoms with Crippen molar-refractivity contribution in [1.29, 1.82) is 0 Å². The lowest BCUT2D eigenvalue weighted by molar-refractivity contribution is -0.194. The minimum atomic E-state index is -0.570. The minimum Gasteiger partial charge on any atom is -0.349 e. The molecule has 0 N–H and O–H groups in total. The van der Waals surface area contributed by atoms with E-state index in [2.05, 4.69) is 9.97 Å². The highest BCUT2D eigenvalue weighted by atomic mass is 16.8. The number of nitrogens with zero attached hydrogens (tertiary/aromatic N) is 3. The molecule has 6 nitrogen and oxygen atoms in total. The molecular formula is C15H19N3O3. The zero-order valence-electron chi connectivity index (χ0n) is 12.6. The molecule has 21 heavy (non-hydrogen) atoms. The first kappa shape index (κ1) is 13.2. The Kier molecular flexibility index (Phi) is 2.67. The van der Waals surface area contributed by atoms with E-state index in [9.17, 15) is 0 Å². The zero-order chi connectivity index (χ0) is 14.8. The van der Waals surface area contributed by atoms with Crippen LogP contribution in [0.4, 0.5) is 0 Å². The number of hydrogen-bond acceptors (Lipinski definition) is 5. The van der Waals surface area contributed by atoms with Crippen LogP contribution in [0.3, 0.4) is 0 Å². The standard InChI is InChI=1S/C15H19N3O3/c1-8-10-5-6-18(13(10)17-7-16-8)14-12-11(9(2)19-14)20-15(3,4)21-12/h5-7,9,11-12,14H,1-4H3/t9-,11-,12-,14-/m1/s1. The Labute approximate surface area is 123 Å². The van der Waals surface area contributed by atoms with Crippen molar-refractivity contribution in [2.24, 2.45) is 0 Å². The molecule has 4 heterocycles. The van der Waals surface area contributed by atoms with Gasteiger partial charge in [0.1, 0.15) is 24.2 Å². The van der Waals surface area contributed by atoms with Crippen molar-refractivity contribution in [1.82, 2.24) is 14.5 Å². The Morgan fingerprint density at radius 1 is 1.19 bits per heavy atom. The van der Waals surface area contributed by atoms with E-state index in [1.165, 1.54) is 0 Å². The molecule has 0 saturated carbocycles. The summed E-state index contributed by atoms with van der Waals surface area (Å²) in [7, 11) is 0. The van der Waals surface area contributed by atoms with Gasteiger partial charge in [0.15, 0.2) is 12.0 Å². The number of hydrogen-bond donors (Lipinski definition) is 0. The van der Waals surface area contributed by atoms with Crippen LogP contribution in [0.5, 0.6) is 0 Å². The van der Waals surface area contributed by atoms with Crippen molar-refractivity contribution in [2.75, 3.05) is 0 Å². The summed E-state index contributed by atoms with van der Waals surface area (Å²) >= 11 is 0. The number of rotatable bonds is 1. The molecule has 2 aliphatic rings. The minimum absolute atomic E-state index is 0.0119. The largest absolute Gasteiger partial charge is 0.349 e. The maximum atomic E-state index is 6.07. The van der Waals surface area contributed by atoms with Crippen molar-refractivity contribution in [3.05, 3.63) is 24.3 Å². The zero-order valence-corrected chi connectivity index (χ0v) is 12.6. The molecule has 0 spiro atoms. The molecule has 2 aromatic heterocycles. The van der Waals surface area contributed by atoms with Gasteiger partial charge < -0.3 is 18.8 Å². The maximum Gasteiger partial charge on any atom is 0.164 e. The second kappa shape index (κ2) is 4.25. The highest BCUT2D eigenvalue weighted by molar-refractivity contribution is 5.78. The van der Waals surface area contributed by atoms with E-state index in [-0.39, 0.29) is 24.5 Å². The highest BCUT2D eigenvalue weighted by Gasteiger charge is 2.54. The molecule has 2 aliphatic heterocycles. The fraction of sp³-hybridized carbons (Fsp3) is 0.600. The highest BCUT2D eigenvalue weighted by Crippen LogP contribution is 2.43. The first-order valence-corrected chi connectivity index (χ1v) is 7.25. The van der Waals surface area contributed by atoms with Gasteiger partial charge in [-0.3, -0.25) is 0 Å². The smallest absolute Gasteiger partial charge is 0.164 e. The summed E-state index contributed by atoms with van der Waals surface area (Å²) in [6, 6.07) is 2.02. The van der Waals surface area contributed by atoms with Crippen LogP contribution < -0.4 is 0 Å². The molecule has 4 atom stereocenters. The van der Waals surface area contributed by atoms with Gasteiger partial charge in [-0.25, -0.2) is 9.97 Å². The average molecular weight is 289 g/mol. The lowest BCUT2D eigenvalue weighted by atomic mass is 10.1. The molecule has 0 bridgehead atoms. The average Bonchev–Trinajstić information content (AvgIpc) is 3.04. The number of aryl methyl sites for hydroxylation is 1. The topological polar surface area (TPSA) is 58.4 Å². The Morgan fingerprint density at radius 2 is 1.95 bits per heavy atom. The SMILES string of the molecule is Cc1ncnc2c1ccn2[C@@H]1O[C@H](C)[C@H]2OC(C)(C)O[C@H]21. The number of ether oxygens (including phenoxy) is 3. The third-order valence-electron chi connectivity index (χ3n) is 4.24. The van der Waals surface area contributed by atoms with E-state index in [1.54, 1.807) is 6.33 Å². The Balaban J connectivity index is 1.77. The normalized spacial score (nSPS) is 34.5. The molecule has 112 valence electrons. The van der Waals surface area contributed by atoms with Crippen LogP contribution in [-0.2, 0) is 14.2 Å². The Hall–Kier alpha value is -1.50. The third kappa shape index (κ3) is 1.90.